The smallest absolute Gasteiger partial charge is 0.129 e. The van der Waals surface area contributed by atoms with Crippen LogP contribution in [0.5, 0.6) is 0 Å². The molecule has 1 saturated heterocycles. The molecule has 0 bridgehead atoms. The highest BCUT2D eigenvalue weighted by Gasteiger charge is 2.26. The molecule has 1 aromatic rings. The van der Waals surface area contributed by atoms with Gasteiger partial charge in [0.25, 0.3) is 0 Å². The summed E-state index contributed by atoms with van der Waals surface area (Å²) in [5.74, 6) is 0.532. The maximum absolute atomic E-state index is 13.6. The van der Waals surface area contributed by atoms with Crippen molar-refractivity contribution in [3.05, 3.63) is 35.1 Å². The Balaban J connectivity index is 1.91. The zero-order valence-electron chi connectivity index (χ0n) is 10.1. The SMILES string of the molecule is CCCC1CN(Cc2ccc(C#N)cc2F)C1. The minimum absolute atomic E-state index is 0.261. The van der Waals surface area contributed by atoms with Crippen LogP contribution < -0.4 is 0 Å². The van der Waals surface area contributed by atoms with Crippen molar-refractivity contribution in [3.63, 3.8) is 0 Å². The van der Waals surface area contributed by atoms with E-state index in [1.54, 1.807) is 12.1 Å². The Morgan fingerprint density at radius 2 is 2.24 bits per heavy atom. The fourth-order valence-corrected chi connectivity index (χ4v) is 2.38. The van der Waals surface area contributed by atoms with E-state index >= 15 is 0 Å². The Morgan fingerprint density at radius 1 is 1.47 bits per heavy atom. The van der Waals surface area contributed by atoms with Crippen molar-refractivity contribution < 1.29 is 4.39 Å². The predicted octanol–water partition coefficient (Wildman–Crippen LogP) is 2.93. The summed E-state index contributed by atoms with van der Waals surface area (Å²) in [5, 5.41) is 8.66. The molecule has 0 spiro atoms. The molecule has 0 N–H and O–H groups in total. The topological polar surface area (TPSA) is 27.0 Å². The first-order valence-corrected chi connectivity index (χ1v) is 6.13. The number of rotatable bonds is 4. The lowest BCUT2D eigenvalue weighted by Gasteiger charge is -2.39. The standard InChI is InChI=1S/C14H17FN2/c1-2-3-12-8-17(9-12)10-13-5-4-11(7-16)6-14(13)15/h4-6,12H,2-3,8-10H2,1H3. The van der Waals surface area contributed by atoms with Crippen LogP contribution in [0.4, 0.5) is 4.39 Å². The average Bonchev–Trinajstić information content (AvgIpc) is 2.28. The van der Waals surface area contributed by atoms with Gasteiger partial charge < -0.3 is 0 Å². The van der Waals surface area contributed by atoms with Gasteiger partial charge in [-0.15, -0.1) is 0 Å². The molecule has 0 saturated carbocycles. The number of nitriles is 1. The quantitative estimate of drug-likeness (QED) is 0.798. The Kier molecular flexibility index (Phi) is 3.75. The van der Waals surface area contributed by atoms with Crippen LogP contribution in [-0.2, 0) is 6.54 Å². The molecule has 1 fully saturated rings. The summed E-state index contributed by atoms with van der Waals surface area (Å²) in [6.07, 6.45) is 2.50. The zero-order chi connectivity index (χ0) is 12.3. The van der Waals surface area contributed by atoms with Gasteiger partial charge in [-0.05, 0) is 24.5 Å². The Morgan fingerprint density at radius 3 is 2.82 bits per heavy atom. The lowest BCUT2D eigenvalue weighted by Crippen LogP contribution is -2.45. The molecule has 1 heterocycles. The molecule has 0 amide bonds. The van der Waals surface area contributed by atoms with Gasteiger partial charge in [0.1, 0.15) is 5.82 Å². The van der Waals surface area contributed by atoms with Crippen LogP contribution in [0.25, 0.3) is 0 Å². The van der Waals surface area contributed by atoms with Crippen LogP contribution in [0, 0.1) is 23.1 Å². The second kappa shape index (κ2) is 5.29. The maximum atomic E-state index is 13.6. The summed E-state index contributed by atoms with van der Waals surface area (Å²) >= 11 is 0. The maximum Gasteiger partial charge on any atom is 0.129 e. The van der Waals surface area contributed by atoms with E-state index in [1.165, 1.54) is 18.9 Å². The lowest BCUT2D eigenvalue weighted by molar-refractivity contribution is 0.0848. The van der Waals surface area contributed by atoms with E-state index in [0.29, 0.717) is 17.7 Å². The first-order valence-electron chi connectivity index (χ1n) is 6.13. The summed E-state index contributed by atoms with van der Waals surface area (Å²) in [5.41, 5.74) is 1.08. The predicted molar refractivity (Wildman–Crippen MR) is 64.8 cm³/mol. The zero-order valence-corrected chi connectivity index (χ0v) is 10.1. The third kappa shape index (κ3) is 2.83. The van der Waals surface area contributed by atoms with Crippen LogP contribution >= 0.6 is 0 Å². The van der Waals surface area contributed by atoms with Crippen molar-refractivity contribution in [1.82, 2.24) is 4.90 Å². The van der Waals surface area contributed by atoms with Crippen molar-refractivity contribution in [1.29, 1.82) is 5.26 Å². The fourth-order valence-electron chi connectivity index (χ4n) is 2.38. The highest BCUT2D eigenvalue weighted by Crippen LogP contribution is 2.23. The molecule has 2 nitrogen and oxygen atoms in total. The summed E-state index contributed by atoms with van der Waals surface area (Å²) < 4.78 is 13.6. The van der Waals surface area contributed by atoms with E-state index in [4.69, 9.17) is 5.26 Å². The minimum Gasteiger partial charge on any atom is -0.298 e. The lowest BCUT2D eigenvalue weighted by atomic mass is 9.94. The van der Waals surface area contributed by atoms with Crippen LogP contribution in [0.3, 0.4) is 0 Å². The first-order chi connectivity index (χ1) is 8.22. The highest BCUT2D eigenvalue weighted by atomic mass is 19.1. The number of nitrogens with zero attached hydrogens (tertiary/aromatic N) is 2. The van der Waals surface area contributed by atoms with Crippen LogP contribution in [0.1, 0.15) is 30.9 Å². The molecular weight excluding hydrogens is 215 g/mol. The first kappa shape index (κ1) is 12.1. The second-order valence-corrected chi connectivity index (χ2v) is 4.77. The number of hydrogen-bond acceptors (Lipinski definition) is 2. The van der Waals surface area contributed by atoms with Crippen molar-refractivity contribution in [3.8, 4) is 6.07 Å². The number of halogens is 1. The van der Waals surface area contributed by atoms with Crippen molar-refractivity contribution >= 4 is 0 Å². The number of benzene rings is 1. The number of hydrogen-bond donors (Lipinski definition) is 0. The summed E-state index contributed by atoms with van der Waals surface area (Å²) in [4.78, 5) is 2.25. The summed E-state index contributed by atoms with van der Waals surface area (Å²) in [6, 6.07) is 6.67. The third-order valence-electron chi connectivity index (χ3n) is 3.31. The van der Waals surface area contributed by atoms with Gasteiger partial charge in [-0.25, -0.2) is 4.39 Å². The molecule has 0 aliphatic carbocycles. The van der Waals surface area contributed by atoms with Crippen LogP contribution in [-0.4, -0.2) is 18.0 Å². The molecule has 1 aliphatic heterocycles. The van der Waals surface area contributed by atoms with E-state index in [1.807, 2.05) is 6.07 Å². The molecule has 0 radical (unpaired) electrons. The van der Waals surface area contributed by atoms with Gasteiger partial charge >= 0.3 is 0 Å². The van der Waals surface area contributed by atoms with Gasteiger partial charge in [-0.2, -0.15) is 5.26 Å². The second-order valence-electron chi connectivity index (χ2n) is 4.77. The van der Waals surface area contributed by atoms with E-state index in [-0.39, 0.29) is 5.82 Å². The molecule has 0 atom stereocenters. The molecule has 2 rings (SSSR count). The minimum atomic E-state index is -0.261. The van der Waals surface area contributed by atoms with Gasteiger partial charge in [0.05, 0.1) is 11.6 Å². The summed E-state index contributed by atoms with van der Waals surface area (Å²) in [7, 11) is 0. The largest absolute Gasteiger partial charge is 0.298 e. The monoisotopic (exact) mass is 232 g/mol. The third-order valence-corrected chi connectivity index (χ3v) is 3.31. The van der Waals surface area contributed by atoms with Gasteiger partial charge in [-0.1, -0.05) is 19.4 Å². The Labute approximate surface area is 102 Å². The van der Waals surface area contributed by atoms with Gasteiger partial charge in [-0.3, -0.25) is 4.90 Å². The molecule has 1 aromatic carbocycles. The summed E-state index contributed by atoms with van der Waals surface area (Å²) in [6.45, 7) is 5.02. The highest BCUT2D eigenvalue weighted by molar-refractivity contribution is 5.32. The fraction of sp³-hybridized carbons (Fsp3) is 0.500. The van der Waals surface area contributed by atoms with E-state index in [2.05, 4.69) is 11.8 Å². The van der Waals surface area contributed by atoms with E-state index in [9.17, 15) is 4.39 Å². The Bertz CT molecular complexity index is 430. The van der Waals surface area contributed by atoms with E-state index < -0.39 is 0 Å². The molecule has 90 valence electrons. The molecule has 17 heavy (non-hydrogen) atoms. The van der Waals surface area contributed by atoms with Gasteiger partial charge in [0, 0.05) is 25.2 Å². The normalized spacial score (nSPS) is 16.5. The molecule has 3 heteroatoms. The van der Waals surface area contributed by atoms with E-state index in [0.717, 1.165) is 19.0 Å². The van der Waals surface area contributed by atoms with Crippen molar-refractivity contribution in [2.45, 2.75) is 26.3 Å². The van der Waals surface area contributed by atoms with Gasteiger partial charge in [0.2, 0.25) is 0 Å². The molecule has 1 aliphatic rings. The Hall–Kier alpha value is -1.40. The van der Waals surface area contributed by atoms with Crippen LogP contribution in [0.2, 0.25) is 0 Å². The van der Waals surface area contributed by atoms with Crippen molar-refractivity contribution in [2.75, 3.05) is 13.1 Å². The van der Waals surface area contributed by atoms with Gasteiger partial charge in [0.15, 0.2) is 0 Å². The molecular formula is C14H17FN2. The van der Waals surface area contributed by atoms with Crippen LogP contribution in [0.15, 0.2) is 18.2 Å². The molecule has 0 unspecified atom stereocenters. The average molecular weight is 232 g/mol. The number of likely N-dealkylation sites (tertiary alicyclic amines) is 1. The molecule has 0 aromatic heterocycles. The van der Waals surface area contributed by atoms with Crippen molar-refractivity contribution in [2.24, 2.45) is 5.92 Å².